The topological polar surface area (TPSA) is 26.3 Å². The van der Waals surface area contributed by atoms with Crippen LogP contribution in [0.4, 0.5) is 0 Å². The molecule has 0 fully saturated rings. The van der Waals surface area contributed by atoms with Gasteiger partial charge < -0.3 is 0 Å². The van der Waals surface area contributed by atoms with Crippen LogP contribution in [0.25, 0.3) is 0 Å². The van der Waals surface area contributed by atoms with Crippen LogP contribution in [-0.2, 0) is 9.09 Å². The van der Waals surface area contributed by atoms with Crippen molar-refractivity contribution in [3.05, 3.63) is 0 Å². The average Bonchev–Trinajstić information content (AvgIpc) is 1.37. The second-order valence-electron chi connectivity index (χ2n) is 0.287. The fourth-order valence-electron chi connectivity index (χ4n) is 0. The monoisotopic (exact) mass is 95.0 g/mol. The van der Waals surface area contributed by atoms with Gasteiger partial charge in [0, 0.05) is 0 Å². The van der Waals surface area contributed by atoms with E-state index in [9.17, 15) is 0 Å². The van der Waals surface area contributed by atoms with Crippen LogP contribution in [0.3, 0.4) is 0 Å². The lowest BCUT2D eigenvalue weighted by Crippen LogP contribution is -1.42. The normalized spacial score (nSPS) is 6.60. The van der Waals surface area contributed by atoms with Gasteiger partial charge in [-0.2, -0.15) is 4.52 Å². The fraction of sp³-hybridized carbons (Fsp3) is 1.00. The maximum Gasteiger partial charge on any atom is 0.493 e. The molecule has 0 amide bonds. The Morgan fingerprint density at radius 3 is 2.00 bits per heavy atom. The average molecular weight is 95.1 g/mol. The van der Waals surface area contributed by atoms with E-state index in [1.54, 1.807) is 0 Å². The molecule has 0 radical (unpaired) electrons. The molecule has 1 atom stereocenters. The zero-order valence-corrected chi connectivity index (χ0v) is 3.32. The predicted octanol–water partition coefficient (Wildman–Crippen LogP) is 1.21. The maximum atomic E-state index is 9.10. The van der Waals surface area contributed by atoms with Crippen LogP contribution in [-0.4, -0.2) is 7.11 Å². The van der Waals surface area contributed by atoms with Crippen molar-refractivity contribution in [3.8, 4) is 0 Å². The van der Waals surface area contributed by atoms with Crippen molar-refractivity contribution in [3.63, 3.8) is 0 Å². The molecule has 0 aliphatic heterocycles. The molecule has 32 valence electrons. The summed E-state index contributed by atoms with van der Waals surface area (Å²) < 4.78 is 13.1. The molecule has 0 heterocycles. The van der Waals surface area contributed by atoms with Gasteiger partial charge in [-0.3, -0.25) is 0 Å². The summed E-state index contributed by atoms with van der Waals surface area (Å²) in [6.07, 6.45) is 0. The van der Waals surface area contributed by atoms with Gasteiger partial charge in [-0.05, 0) is 4.57 Å². The molecule has 0 spiro atoms. The fourth-order valence-corrected chi connectivity index (χ4v) is 0. The molecule has 0 rings (SSSR count). The molecule has 0 aliphatic rings. The highest BCUT2D eigenvalue weighted by atomic mass is 31.1. The molecule has 0 N–H and O–H groups in total. The van der Waals surface area contributed by atoms with E-state index in [4.69, 9.17) is 4.57 Å². The summed E-state index contributed by atoms with van der Waals surface area (Å²) in [7, 11) is 0.771. The van der Waals surface area contributed by atoms with Crippen LogP contribution >= 0.6 is 8.69 Å². The third kappa shape index (κ3) is 15.3. The van der Waals surface area contributed by atoms with Crippen LogP contribution in [0, 0.1) is 0 Å². The third-order valence-corrected chi connectivity index (χ3v) is 0.250. The molecule has 0 saturated heterocycles. The Morgan fingerprint density at radius 2 is 2.00 bits per heavy atom. The van der Waals surface area contributed by atoms with Crippen LogP contribution in [0.1, 0.15) is 7.43 Å². The maximum absolute atomic E-state index is 9.10. The number of hydrogen-bond donors (Lipinski definition) is 0. The summed E-state index contributed by atoms with van der Waals surface area (Å²) in [4.78, 5) is 0. The minimum Gasteiger partial charge on any atom is -0.151 e. The predicted molar refractivity (Wildman–Crippen MR) is 22.7 cm³/mol. The van der Waals surface area contributed by atoms with Crippen molar-refractivity contribution >= 4 is 8.69 Å². The van der Waals surface area contributed by atoms with E-state index in [1.807, 2.05) is 0 Å². The summed E-state index contributed by atoms with van der Waals surface area (Å²) >= 11 is 0. The Bertz CT molecular complexity index is 21.6. The Kier molecular flexibility index (Phi) is 16.0. The quantitative estimate of drug-likeness (QED) is 0.457. The second-order valence-corrected chi connectivity index (χ2v) is 0.862. The highest BCUT2D eigenvalue weighted by molar-refractivity contribution is 7.17. The highest BCUT2D eigenvalue weighted by Crippen LogP contribution is 1.83. The Morgan fingerprint density at radius 1 is 1.80 bits per heavy atom. The number of rotatable bonds is 1. The summed E-state index contributed by atoms with van der Waals surface area (Å²) in [5.41, 5.74) is 0. The van der Waals surface area contributed by atoms with Crippen molar-refractivity contribution in [2.45, 2.75) is 7.43 Å². The molecular formula is C2H8O2P+. The molecule has 1 unspecified atom stereocenters. The number of hydrogen-bond acceptors (Lipinski definition) is 2. The largest absolute Gasteiger partial charge is 0.493 e. The second kappa shape index (κ2) is 8.96. The molecule has 3 heteroatoms. The highest BCUT2D eigenvalue weighted by Gasteiger charge is 1.65. The van der Waals surface area contributed by atoms with E-state index in [2.05, 4.69) is 4.52 Å². The van der Waals surface area contributed by atoms with Gasteiger partial charge in [0.25, 0.3) is 0 Å². The summed E-state index contributed by atoms with van der Waals surface area (Å²) in [5.74, 6) is 0. The van der Waals surface area contributed by atoms with Gasteiger partial charge in [0.15, 0.2) is 0 Å². The molecule has 0 aliphatic carbocycles. The van der Waals surface area contributed by atoms with Crippen molar-refractivity contribution in [2.24, 2.45) is 0 Å². The lowest BCUT2D eigenvalue weighted by Gasteiger charge is -1.44. The molecule has 0 aromatic heterocycles. The first kappa shape index (κ1) is 8.91. The Labute approximate surface area is 33.4 Å². The molecule has 5 heavy (non-hydrogen) atoms. The van der Waals surface area contributed by atoms with Gasteiger partial charge in [-0.15, -0.1) is 0 Å². The van der Waals surface area contributed by atoms with Gasteiger partial charge >= 0.3 is 8.69 Å². The lowest BCUT2D eigenvalue weighted by atomic mass is 11.8. The van der Waals surface area contributed by atoms with E-state index in [-0.39, 0.29) is 7.43 Å². The first-order chi connectivity index (χ1) is 1.91. The zero-order valence-electron chi connectivity index (χ0n) is 2.32. The van der Waals surface area contributed by atoms with Crippen molar-refractivity contribution in [1.29, 1.82) is 0 Å². The molecule has 0 saturated carbocycles. The lowest BCUT2D eigenvalue weighted by molar-refractivity contribution is 0.433. The Hall–Kier alpha value is 0.0600. The first-order valence-corrected chi connectivity index (χ1v) is 1.63. The van der Waals surface area contributed by atoms with Crippen LogP contribution in [0.15, 0.2) is 0 Å². The van der Waals surface area contributed by atoms with E-state index >= 15 is 0 Å². The van der Waals surface area contributed by atoms with Crippen LogP contribution < -0.4 is 0 Å². The van der Waals surface area contributed by atoms with E-state index < -0.39 is 8.69 Å². The van der Waals surface area contributed by atoms with Crippen LogP contribution in [0.2, 0.25) is 0 Å². The van der Waals surface area contributed by atoms with Gasteiger partial charge in [0.05, 0.1) is 7.11 Å². The molecular weight excluding hydrogens is 87.0 g/mol. The zero-order chi connectivity index (χ0) is 3.41. The van der Waals surface area contributed by atoms with E-state index in [1.165, 1.54) is 7.11 Å². The van der Waals surface area contributed by atoms with Crippen LogP contribution in [0.5, 0.6) is 0 Å². The summed E-state index contributed by atoms with van der Waals surface area (Å²) in [6, 6.07) is 0. The smallest absolute Gasteiger partial charge is 0.151 e. The minimum absolute atomic E-state index is 0. The van der Waals surface area contributed by atoms with Crippen molar-refractivity contribution in [1.82, 2.24) is 0 Å². The van der Waals surface area contributed by atoms with Gasteiger partial charge in [-0.25, -0.2) is 0 Å². The minimum atomic E-state index is -0.610. The van der Waals surface area contributed by atoms with Crippen molar-refractivity contribution < 1.29 is 9.09 Å². The molecule has 0 aromatic carbocycles. The SMILES string of the molecule is C.CO[PH+]=O. The molecule has 0 bridgehead atoms. The molecule has 0 aromatic rings. The molecule has 2 nitrogen and oxygen atoms in total. The summed E-state index contributed by atoms with van der Waals surface area (Å²) in [6.45, 7) is 0. The standard InChI is InChI=1S/CH4O2P.CH4/c1-3-4-2;/h4H,1H3;1H4/q+1;. The Balaban J connectivity index is 0. The van der Waals surface area contributed by atoms with E-state index in [0.29, 0.717) is 0 Å². The third-order valence-electron chi connectivity index (χ3n) is 0.0833. The van der Waals surface area contributed by atoms with Gasteiger partial charge in [-0.1, -0.05) is 7.43 Å². The van der Waals surface area contributed by atoms with Crippen molar-refractivity contribution in [2.75, 3.05) is 7.11 Å². The van der Waals surface area contributed by atoms with Gasteiger partial charge in [0.1, 0.15) is 0 Å². The van der Waals surface area contributed by atoms with E-state index in [0.717, 1.165) is 0 Å². The first-order valence-electron chi connectivity index (χ1n) is 0.816. The van der Waals surface area contributed by atoms with Gasteiger partial charge in [0.2, 0.25) is 0 Å². The summed E-state index contributed by atoms with van der Waals surface area (Å²) in [5, 5.41) is 0.